The topological polar surface area (TPSA) is 140 Å². The third kappa shape index (κ3) is 33.2. The minimum atomic E-state index is -1.75. The van der Waals surface area contributed by atoms with Crippen LogP contribution in [0.25, 0.3) is 0 Å². The van der Waals surface area contributed by atoms with Crippen LogP contribution in [0.4, 0.5) is 0 Å². The monoisotopic (exact) mass is 350 g/mol. The van der Waals surface area contributed by atoms with E-state index in [9.17, 15) is 0 Å². The van der Waals surface area contributed by atoms with Crippen LogP contribution in [0.2, 0.25) is 0 Å². The summed E-state index contributed by atoms with van der Waals surface area (Å²) in [5.74, 6) is 0. The number of rotatable bonds is 11. The van der Waals surface area contributed by atoms with Gasteiger partial charge in [0.05, 0.1) is 46.2 Å². The van der Waals surface area contributed by atoms with E-state index in [-0.39, 0.29) is 26.4 Å². The van der Waals surface area contributed by atoms with Gasteiger partial charge >= 0.3 is 26.5 Å². The van der Waals surface area contributed by atoms with Gasteiger partial charge in [0.25, 0.3) is 0 Å². The first-order chi connectivity index (χ1) is 10.2. The quantitative estimate of drug-likeness (QED) is 0.198. The number of aliphatic hydroxyl groups excluding tert-OH is 4. The molecule has 0 aromatic heterocycles. The van der Waals surface area contributed by atoms with Crippen LogP contribution in [0.5, 0.6) is 0 Å². The van der Waals surface area contributed by atoms with Crippen LogP contribution in [-0.2, 0) is 32.3 Å². The van der Waals surface area contributed by atoms with Gasteiger partial charge in [0, 0.05) is 26.7 Å². The van der Waals surface area contributed by atoms with Gasteiger partial charge in [0.1, 0.15) is 0 Å². The average Bonchev–Trinajstić information content (AvgIpc) is 2.46. The number of methoxy groups -OCH3 is 1. The maximum absolute atomic E-state index is 8.61. The number of nitrogens with zero attached hydrogens (tertiary/aromatic N) is 1. The standard InChI is InChI=1S/C6H15NO3.C5H12O3.H2O.O.Ti/c8-4-1-7(2-5-9)3-6-10;1-7-4-5-8-3-2-6;;;/h8-10H,1-6H2;6H,2-5H2,1H3;1H2;;/q;;;;+1/p-1. The van der Waals surface area contributed by atoms with Gasteiger partial charge in [-0.3, -0.25) is 4.90 Å². The molecule has 5 N–H and O–H groups in total. The number of hydrogen-bond donors (Lipinski definition) is 5. The van der Waals surface area contributed by atoms with Crippen molar-refractivity contribution in [3.8, 4) is 0 Å². The van der Waals surface area contributed by atoms with Crippen molar-refractivity contribution >= 4 is 0 Å². The van der Waals surface area contributed by atoms with Crippen molar-refractivity contribution < 1.29 is 56.4 Å². The summed E-state index contributed by atoms with van der Waals surface area (Å²) in [6.07, 6.45) is 0. The Morgan fingerprint density at radius 2 is 1.29 bits per heavy atom. The first-order valence-corrected chi connectivity index (χ1v) is 7.75. The average molecular weight is 350 g/mol. The van der Waals surface area contributed by atoms with E-state index in [1.165, 1.54) is 0 Å². The first-order valence-electron chi connectivity index (χ1n) is 6.42. The Morgan fingerprint density at radius 1 is 0.857 bits per heavy atom. The number of hydrogen-bond acceptors (Lipinski definition) is 8. The van der Waals surface area contributed by atoms with Gasteiger partial charge in [-0.1, -0.05) is 0 Å². The Kier molecular flexibility index (Phi) is 35.3. The molecule has 0 amide bonds. The molecule has 21 heavy (non-hydrogen) atoms. The van der Waals surface area contributed by atoms with Crippen molar-refractivity contribution in [2.45, 2.75) is 0 Å². The summed E-state index contributed by atoms with van der Waals surface area (Å²) in [5, 5.41) is 33.7. The van der Waals surface area contributed by atoms with Crippen LogP contribution in [0.3, 0.4) is 0 Å². The fraction of sp³-hybridized carbons (Fsp3) is 1.00. The molecule has 0 heterocycles. The molecule has 10 heteroatoms. The van der Waals surface area contributed by atoms with E-state index in [1.54, 1.807) is 12.0 Å². The molecule has 0 fully saturated rings. The van der Waals surface area contributed by atoms with Crippen molar-refractivity contribution in [3.05, 3.63) is 0 Å². The fourth-order valence-electron chi connectivity index (χ4n) is 1.07. The van der Waals surface area contributed by atoms with Crippen LogP contribution in [-0.4, -0.2) is 102 Å². The molecule has 0 aliphatic heterocycles. The summed E-state index contributed by atoms with van der Waals surface area (Å²) in [6, 6.07) is 0. The molecule has 0 aromatic rings. The second kappa shape index (κ2) is 28.4. The van der Waals surface area contributed by atoms with Gasteiger partial charge in [-0.2, -0.15) is 0 Å². The molecule has 0 aliphatic rings. The van der Waals surface area contributed by atoms with Crippen LogP contribution < -0.4 is 0 Å². The third-order valence-corrected chi connectivity index (χ3v) is 1.92. The maximum atomic E-state index is 8.61. The van der Waals surface area contributed by atoms with E-state index in [4.69, 9.17) is 32.2 Å². The van der Waals surface area contributed by atoms with Gasteiger partial charge in [-0.15, -0.1) is 0 Å². The molecule has 0 aromatic carbocycles. The molecule has 9 nitrogen and oxygen atoms in total. The Bertz CT molecular complexity index is 158. The zero-order valence-corrected chi connectivity index (χ0v) is 14.0. The molecule has 0 atom stereocenters. The van der Waals surface area contributed by atoms with Crippen LogP contribution in [0.15, 0.2) is 0 Å². The Morgan fingerprint density at radius 3 is 1.57 bits per heavy atom. The SMILES string of the molecule is COCCOCCO.OCCN(CCO)CCO.[O]=[Ti][OH]. The van der Waals surface area contributed by atoms with E-state index in [2.05, 4.69) is 4.74 Å². The van der Waals surface area contributed by atoms with E-state index >= 15 is 0 Å². The number of aliphatic hydroxyl groups is 4. The van der Waals surface area contributed by atoms with Crippen molar-refractivity contribution in [3.63, 3.8) is 0 Å². The number of ether oxygens (including phenoxy) is 2. The van der Waals surface area contributed by atoms with Crippen molar-refractivity contribution in [2.24, 2.45) is 0 Å². The third-order valence-electron chi connectivity index (χ3n) is 1.92. The minimum absolute atomic E-state index is 0.0694. The van der Waals surface area contributed by atoms with Gasteiger partial charge in [-0.05, 0) is 0 Å². The zero-order chi connectivity index (χ0) is 16.8. The Hall–Kier alpha value is 0.194. The van der Waals surface area contributed by atoms with E-state index < -0.39 is 19.5 Å². The van der Waals surface area contributed by atoms with Crippen molar-refractivity contribution in [1.29, 1.82) is 0 Å². The summed E-state index contributed by atoms with van der Waals surface area (Å²) in [4.78, 5) is 1.79. The van der Waals surface area contributed by atoms with Crippen molar-refractivity contribution in [1.82, 2.24) is 4.90 Å². The van der Waals surface area contributed by atoms with E-state index in [0.717, 1.165) is 0 Å². The molecule has 0 saturated carbocycles. The molecule has 0 aliphatic carbocycles. The zero-order valence-electron chi connectivity index (χ0n) is 12.5. The molecule has 0 saturated heterocycles. The summed E-state index contributed by atoms with van der Waals surface area (Å²) in [7, 11) is 1.61. The van der Waals surface area contributed by atoms with Gasteiger partial charge in [-0.25, -0.2) is 0 Å². The summed E-state index contributed by atoms with van der Waals surface area (Å²) in [5.41, 5.74) is 0. The summed E-state index contributed by atoms with van der Waals surface area (Å²) in [6.45, 7) is 3.41. The molecular formula is C11H28NO8Ti. The van der Waals surface area contributed by atoms with Gasteiger partial charge in [0.15, 0.2) is 0 Å². The Balaban J connectivity index is -0.000000264. The normalized spacial score (nSPS) is 9.29. The molecule has 129 valence electrons. The predicted octanol–water partition coefficient (Wildman–Crippen LogP) is -2.77. The van der Waals surface area contributed by atoms with Gasteiger partial charge < -0.3 is 29.9 Å². The van der Waals surface area contributed by atoms with E-state index in [1.807, 2.05) is 0 Å². The van der Waals surface area contributed by atoms with Crippen LogP contribution >= 0.6 is 0 Å². The molecular weight excluding hydrogens is 322 g/mol. The Labute approximate surface area is 134 Å². The van der Waals surface area contributed by atoms with E-state index in [0.29, 0.717) is 39.5 Å². The molecule has 0 rings (SSSR count). The second-order valence-electron chi connectivity index (χ2n) is 3.43. The summed E-state index contributed by atoms with van der Waals surface area (Å²) >= 11 is -1.75. The van der Waals surface area contributed by atoms with Gasteiger partial charge in [0.2, 0.25) is 0 Å². The van der Waals surface area contributed by atoms with Crippen LogP contribution in [0.1, 0.15) is 0 Å². The molecule has 0 radical (unpaired) electrons. The second-order valence-corrected chi connectivity index (χ2v) is 3.72. The first kappa shape index (κ1) is 26.1. The fourth-order valence-corrected chi connectivity index (χ4v) is 1.07. The molecule has 0 spiro atoms. The molecule has 0 bridgehead atoms. The predicted molar refractivity (Wildman–Crippen MR) is 70.4 cm³/mol. The molecule has 0 unspecified atom stereocenters. The van der Waals surface area contributed by atoms with Crippen LogP contribution in [0, 0.1) is 0 Å². The summed E-state index contributed by atoms with van der Waals surface area (Å²) < 4.78 is 25.3. The van der Waals surface area contributed by atoms with Crippen molar-refractivity contribution in [2.75, 3.05) is 73.0 Å².